The van der Waals surface area contributed by atoms with Crippen molar-refractivity contribution in [2.45, 2.75) is 6.42 Å². The fraction of sp³-hybridized carbons (Fsp3) is 0.0500. The van der Waals surface area contributed by atoms with E-state index in [0.29, 0.717) is 23.4 Å². The van der Waals surface area contributed by atoms with Gasteiger partial charge in [-0.15, -0.1) is 0 Å². The summed E-state index contributed by atoms with van der Waals surface area (Å²) in [6, 6.07) is 10.6. The molecule has 0 fully saturated rings. The van der Waals surface area contributed by atoms with E-state index in [4.69, 9.17) is 0 Å². The Labute approximate surface area is 173 Å². The number of imidazole rings is 1. The van der Waals surface area contributed by atoms with Gasteiger partial charge in [-0.3, -0.25) is 19.3 Å². The number of aromatic amines is 1. The molecule has 11 heteroatoms. The number of nitro groups is 1. The topological polar surface area (TPSA) is 166 Å². The summed E-state index contributed by atoms with van der Waals surface area (Å²) >= 11 is 0. The summed E-state index contributed by atoms with van der Waals surface area (Å²) in [5.41, 5.74) is 4.37. The number of urea groups is 1. The Morgan fingerprint density at radius 1 is 1.16 bits per heavy atom. The number of nitrogens with one attached hydrogen (secondary N) is 3. The minimum atomic E-state index is -0.525. The van der Waals surface area contributed by atoms with Gasteiger partial charge in [-0.25, -0.2) is 9.78 Å². The zero-order chi connectivity index (χ0) is 20.8. The lowest BCUT2D eigenvalue weighted by atomic mass is 10.1. The molecule has 4 aromatic rings. The van der Waals surface area contributed by atoms with Gasteiger partial charge in [0.1, 0.15) is 0 Å². The van der Waals surface area contributed by atoms with Gasteiger partial charge < -0.3 is 21.1 Å². The molecule has 0 saturated heterocycles. The molecule has 0 unspecified atom stereocenters. The number of benzene rings is 2. The molecule has 0 spiro atoms. The summed E-state index contributed by atoms with van der Waals surface area (Å²) in [6.07, 6.45) is 3.91. The summed E-state index contributed by atoms with van der Waals surface area (Å²) in [7, 11) is 0. The van der Waals surface area contributed by atoms with E-state index in [1.807, 2.05) is 12.1 Å². The number of nitro benzene ring substituents is 1. The Balaban J connectivity index is 0.00000231. The Morgan fingerprint density at radius 3 is 2.71 bits per heavy atom. The molecular weight excluding hydrogens is 404 g/mol. The van der Waals surface area contributed by atoms with Crippen LogP contribution in [0.3, 0.4) is 0 Å². The predicted molar refractivity (Wildman–Crippen MR) is 113 cm³/mol. The average molecular weight is 420 g/mol. The zero-order valence-corrected chi connectivity index (χ0v) is 15.9. The Hall–Kier alpha value is -4.51. The molecule has 31 heavy (non-hydrogen) atoms. The van der Waals surface area contributed by atoms with Crippen molar-refractivity contribution < 1.29 is 15.2 Å². The van der Waals surface area contributed by atoms with Crippen LogP contribution in [0.15, 0.2) is 59.7 Å². The van der Waals surface area contributed by atoms with Crippen molar-refractivity contribution in [2.75, 3.05) is 10.6 Å². The Bertz CT molecular complexity index is 1410. The van der Waals surface area contributed by atoms with Crippen LogP contribution in [0.2, 0.25) is 0 Å². The maximum atomic E-state index is 12.3. The molecule has 0 aliphatic heterocycles. The van der Waals surface area contributed by atoms with Crippen molar-refractivity contribution in [2.24, 2.45) is 0 Å². The van der Waals surface area contributed by atoms with Crippen LogP contribution in [-0.4, -0.2) is 30.8 Å². The molecule has 0 atom stereocenters. The second-order valence-electron chi connectivity index (χ2n) is 6.83. The van der Waals surface area contributed by atoms with Crippen LogP contribution in [0.5, 0.6) is 0 Å². The molecule has 1 aliphatic rings. The number of carbonyl (C=O) groups is 1. The maximum Gasteiger partial charge on any atom is 0.323 e. The van der Waals surface area contributed by atoms with Gasteiger partial charge in [0.2, 0.25) is 5.65 Å². The number of fused-ring (bicyclic) bond motifs is 5. The number of carbonyl (C=O) groups excluding carboxylic acids is 1. The molecule has 2 heterocycles. The quantitative estimate of drug-likeness (QED) is 0.300. The first kappa shape index (κ1) is 19.8. The zero-order valence-electron chi connectivity index (χ0n) is 15.9. The third-order valence-electron chi connectivity index (χ3n) is 4.97. The molecule has 2 aromatic carbocycles. The second-order valence-corrected chi connectivity index (χ2v) is 6.83. The van der Waals surface area contributed by atoms with E-state index < -0.39 is 11.0 Å². The van der Waals surface area contributed by atoms with E-state index in [9.17, 15) is 19.7 Å². The van der Waals surface area contributed by atoms with E-state index in [1.165, 1.54) is 18.2 Å². The SMILES string of the molecule is O.O=C(Nc1cccc([N+](=O)[O-])c1)Nc1ccc2c(c1)Cc1c-2[nH]c(=O)c2nccn12. The van der Waals surface area contributed by atoms with Crippen molar-refractivity contribution >= 4 is 28.7 Å². The third kappa shape index (κ3) is 3.38. The van der Waals surface area contributed by atoms with Gasteiger partial charge >= 0.3 is 6.03 Å². The van der Waals surface area contributed by atoms with Crippen molar-refractivity contribution in [1.29, 1.82) is 0 Å². The van der Waals surface area contributed by atoms with E-state index in [2.05, 4.69) is 20.6 Å². The van der Waals surface area contributed by atoms with E-state index in [1.54, 1.807) is 28.9 Å². The minimum absolute atomic E-state index is 0. The van der Waals surface area contributed by atoms with Gasteiger partial charge in [-0.1, -0.05) is 12.1 Å². The van der Waals surface area contributed by atoms with Crippen LogP contribution in [0.4, 0.5) is 21.9 Å². The largest absolute Gasteiger partial charge is 0.412 e. The number of hydrogen-bond acceptors (Lipinski definition) is 5. The molecular formula is C20H16N6O5. The molecule has 5 rings (SSSR count). The molecule has 0 bridgehead atoms. The van der Waals surface area contributed by atoms with Gasteiger partial charge in [0.15, 0.2) is 0 Å². The molecule has 156 valence electrons. The first-order valence-electron chi connectivity index (χ1n) is 9.03. The highest BCUT2D eigenvalue weighted by Gasteiger charge is 2.23. The summed E-state index contributed by atoms with van der Waals surface area (Å²) in [5.74, 6) is 0. The smallest absolute Gasteiger partial charge is 0.323 e. The first-order valence-corrected chi connectivity index (χ1v) is 9.03. The number of amides is 2. The average Bonchev–Trinajstić information content (AvgIpc) is 3.33. The highest BCUT2D eigenvalue weighted by atomic mass is 16.6. The molecule has 2 aromatic heterocycles. The Kier molecular flexibility index (Phi) is 4.72. The molecule has 11 nitrogen and oxygen atoms in total. The first-order chi connectivity index (χ1) is 14.5. The number of nitrogens with zero attached hydrogens (tertiary/aromatic N) is 3. The second kappa shape index (κ2) is 7.39. The van der Waals surface area contributed by atoms with Crippen LogP contribution in [0.25, 0.3) is 16.9 Å². The highest BCUT2D eigenvalue weighted by Crippen LogP contribution is 2.36. The summed E-state index contributed by atoms with van der Waals surface area (Å²) < 4.78 is 1.77. The fourth-order valence-corrected chi connectivity index (χ4v) is 3.68. The van der Waals surface area contributed by atoms with E-state index in [0.717, 1.165) is 22.5 Å². The lowest BCUT2D eigenvalue weighted by Gasteiger charge is -2.09. The van der Waals surface area contributed by atoms with E-state index >= 15 is 0 Å². The number of hydrogen-bond donors (Lipinski definition) is 3. The van der Waals surface area contributed by atoms with Crippen molar-refractivity contribution in [3.05, 3.63) is 86.6 Å². The van der Waals surface area contributed by atoms with Crippen LogP contribution in [0.1, 0.15) is 11.3 Å². The molecule has 5 N–H and O–H groups in total. The monoisotopic (exact) mass is 420 g/mol. The van der Waals surface area contributed by atoms with E-state index in [-0.39, 0.29) is 16.7 Å². The van der Waals surface area contributed by atoms with Crippen LogP contribution in [-0.2, 0) is 6.42 Å². The number of aromatic nitrogens is 3. The van der Waals surface area contributed by atoms with Crippen molar-refractivity contribution in [3.8, 4) is 11.3 Å². The number of H-pyrrole nitrogens is 1. The normalized spacial score (nSPS) is 11.4. The van der Waals surface area contributed by atoms with Gasteiger partial charge in [0, 0.05) is 47.9 Å². The summed E-state index contributed by atoms with van der Waals surface area (Å²) in [6.45, 7) is 0. The molecule has 0 saturated carbocycles. The fourth-order valence-electron chi connectivity index (χ4n) is 3.68. The molecule has 2 amide bonds. The third-order valence-corrected chi connectivity index (χ3v) is 4.97. The summed E-state index contributed by atoms with van der Waals surface area (Å²) in [5, 5.41) is 16.2. The van der Waals surface area contributed by atoms with Gasteiger partial charge in [0.25, 0.3) is 11.2 Å². The molecule has 0 radical (unpaired) electrons. The number of anilines is 2. The van der Waals surface area contributed by atoms with Gasteiger partial charge in [-0.05, 0) is 23.8 Å². The lowest BCUT2D eigenvalue weighted by Crippen LogP contribution is -2.19. The van der Waals surface area contributed by atoms with Gasteiger partial charge in [-0.2, -0.15) is 0 Å². The van der Waals surface area contributed by atoms with Crippen LogP contribution < -0.4 is 16.2 Å². The lowest BCUT2D eigenvalue weighted by molar-refractivity contribution is -0.384. The number of non-ortho nitro benzene ring substituents is 1. The van der Waals surface area contributed by atoms with Crippen molar-refractivity contribution in [1.82, 2.24) is 14.4 Å². The summed E-state index contributed by atoms with van der Waals surface area (Å²) in [4.78, 5) is 41.8. The van der Waals surface area contributed by atoms with Gasteiger partial charge in [0.05, 0.1) is 16.3 Å². The Morgan fingerprint density at radius 2 is 1.94 bits per heavy atom. The number of rotatable bonds is 3. The highest BCUT2D eigenvalue weighted by molar-refractivity contribution is 6.00. The van der Waals surface area contributed by atoms with Crippen LogP contribution >= 0.6 is 0 Å². The predicted octanol–water partition coefficient (Wildman–Crippen LogP) is 2.32. The maximum absolute atomic E-state index is 12.3. The van der Waals surface area contributed by atoms with Crippen molar-refractivity contribution in [3.63, 3.8) is 0 Å². The minimum Gasteiger partial charge on any atom is -0.412 e. The standard InChI is InChI=1S/C20H14N6O4.H2O/c27-19-18-21-6-7-25(18)16-9-11-8-13(4-5-15(11)17(16)24-19)23-20(28)22-12-2-1-3-14(10-12)26(29)30;/h1-8,10H,9H2,(H,24,27)(H2,22,23,28);1H2. The molecule has 1 aliphatic carbocycles. The van der Waals surface area contributed by atoms with Crippen LogP contribution in [0, 0.1) is 10.1 Å².